The highest BCUT2D eigenvalue weighted by Gasteiger charge is 2.54. The predicted molar refractivity (Wildman–Crippen MR) is 111 cm³/mol. The zero-order valence-electron chi connectivity index (χ0n) is 17.2. The van der Waals surface area contributed by atoms with Gasteiger partial charge >= 0.3 is 5.97 Å². The molecule has 0 radical (unpaired) electrons. The Hall–Kier alpha value is -3.41. The fourth-order valence-corrected chi connectivity index (χ4v) is 3.56. The van der Waals surface area contributed by atoms with Gasteiger partial charge in [0.1, 0.15) is 17.4 Å². The van der Waals surface area contributed by atoms with E-state index in [9.17, 15) is 19.5 Å². The van der Waals surface area contributed by atoms with Gasteiger partial charge in [-0.05, 0) is 38.0 Å². The molecule has 0 aromatic rings. The normalized spacial score (nSPS) is 26.6. The summed E-state index contributed by atoms with van der Waals surface area (Å²) in [7, 11) is 0. The van der Waals surface area contributed by atoms with Crippen molar-refractivity contribution in [2.24, 2.45) is 0 Å². The lowest BCUT2D eigenvalue weighted by molar-refractivity contribution is -0.152. The molecule has 6 heteroatoms. The molecule has 0 spiro atoms. The van der Waals surface area contributed by atoms with Crippen LogP contribution in [0.15, 0.2) is 82.9 Å². The molecule has 0 fully saturated rings. The molecule has 2 heterocycles. The maximum atomic E-state index is 13.0. The van der Waals surface area contributed by atoms with Crippen LogP contribution in [0, 0.1) is 0 Å². The first kappa shape index (κ1) is 21.3. The number of hydrogen-bond acceptors (Lipinski definition) is 6. The van der Waals surface area contributed by atoms with Crippen LogP contribution in [-0.4, -0.2) is 34.3 Å². The van der Waals surface area contributed by atoms with Crippen molar-refractivity contribution in [2.75, 3.05) is 0 Å². The lowest BCUT2D eigenvalue weighted by atomic mass is 9.75. The second-order valence-electron chi connectivity index (χ2n) is 7.31. The minimum Gasteiger partial charge on any atom is -0.507 e. The maximum Gasteiger partial charge on any atom is 0.343 e. The van der Waals surface area contributed by atoms with Crippen LogP contribution in [0.5, 0.6) is 0 Å². The van der Waals surface area contributed by atoms with Gasteiger partial charge in [-0.3, -0.25) is 9.59 Å². The zero-order valence-corrected chi connectivity index (χ0v) is 17.2. The standard InChI is InChI=1S/C24H24O6/c1-4-6-7-8-9-10-16(25)13-20(26)21-19-12-15-11-17(5-2)29-14-18(15)22(27)24(19,3)30-23(21)28/h4,6-10,12-14,17,26H,5,11H2,1-3H3/b6-4+,8-7+,10-9+,20-13-/t17-,24+/m1/s1. The van der Waals surface area contributed by atoms with Crippen LogP contribution in [0.3, 0.4) is 0 Å². The first-order chi connectivity index (χ1) is 14.3. The summed E-state index contributed by atoms with van der Waals surface area (Å²) in [4.78, 5) is 37.6. The predicted octanol–water partition coefficient (Wildman–Crippen LogP) is 3.89. The van der Waals surface area contributed by atoms with E-state index in [0.717, 1.165) is 18.1 Å². The van der Waals surface area contributed by atoms with Crippen molar-refractivity contribution in [1.82, 2.24) is 0 Å². The van der Waals surface area contributed by atoms with Gasteiger partial charge in [0.25, 0.3) is 0 Å². The smallest absolute Gasteiger partial charge is 0.343 e. The monoisotopic (exact) mass is 408 g/mol. The van der Waals surface area contributed by atoms with E-state index < -0.39 is 28.9 Å². The number of Topliss-reactive ketones (excluding diaryl/α,β-unsaturated/α-hetero) is 1. The molecular weight excluding hydrogens is 384 g/mol. The number of aliphatic hydroxyl groups excluding tert-OH is 1. The molecule has 1 N–H and O–H groups in total. The van der Waals surface area contributed by atoms with Crippen LogP contribution in [-0.2, 0) is 23.9 Å². The van der Waals surface area contributed by atoms with Gasteiger partial charge in [-0.2, -0.15) is 0 Å². The van der Waals surface area contributed by atoms with E-state index in [1.807, 2.05) is 19.9 Å². The lowest BCUT2D eigenvalue weighted by Crippen LogP contribution is -2.42. The van der Waals surface area contributed by atoms with Gasteiger partial charge in [-0.25, -0.2) is 4.79 Å². The van der Waals surface area contributed by atoms with Crippen LogP contribution in [0.4, 0.5) is 0 Å². The third kappa shape index (κ3) is 3.85. The summed E-state index contributed by atoms with van der Waals surface area (Å²) in [5.41, 5.74) is -0.354. The Bertz CT molecular complexity index is 999. The number of carbonyl (C=O) groups excluding carboxylic acids is 3. The van der Waals surface area contributed by atoms with Crippen LogP contribution < -0.4 is 0 Å². The van der Waals surface area contributed by atoms with Crippen molar-refractivity contribution in [3.05, 3.63) is 82.9 Å². The number of carbonyl (C=O) groups is 3. The lowest BCUT2D eigenvalue weighted by Gasteiger charge is -2.33. The number of ketones is 2. The number of hydrogen-bond donors (Lipinski definition) is 1. The molecule has 30 heavy (non-hydrogen) atoms. The van der Waals surface area contributed by atoms with Crippen LogP contribution in [0.1, 0.15) is 33.6 Å². The van der Waals surface area contributed by atoms with E-state index >= 15 is 0 Å². The number of rotatable bonds is 6. The second-order valence-corrected chi connectivity index (χ2v) is 7.31. The Balaban J connectivity index is 1.98. The van der Waals surface area contributed by atoms with E-state index in [2.05, 4.69) is 0 Å². The highest BCUT2D eigenvalue weighted by atomic mass is 16.6. The number of allylic oxidation sites excluding steroid dienone is 7. The second kappa shape index (κ2) is 8.53. The molecule has 156 valence electrons. The highest BCUT2D eigenvalue weighted by molar-refractivity contribution is 6.15. The van der Waals surface area contributed by atoms with E-state index in [1.165, 1.54) is 25.3 Å². The van der Waals surface area contributed by atoms with Gasteiger partial charge in [0.2, 0.25) is 5.78 Å². The minimum atomic E-state index is -1.56. The van der Waals surface area contributed by atoms with Gasteiger partial charge in [-0.1, -0.05) is 37.3 Å². The Morgan fingerprint density at radius 1 is 1.27 bits per heavy atom. The fraction of sp³-hybridized carbons (Fsp3) is 0.292. The molecule has 0 amide bonds. The number of aliphatic hydroxyl groups is 1. The molecule has 0 bridgehead atoms. The Morgan fingerprint density at radius 2 is 2.00 bits per heavy atom. The van der Waals surface area contributed by atoms with Gasteiger partial charge in [0, 0.05) is 18.1 Å². The van der Waals surface area contributed by atoms with Gasteiger partial charge in [0.15, 0.2) is 11.4 Å². The summed E-state index contributed by atoms with van der Waals surface area (Å²) in [6.45, 7) is 5.33. The Labute approximate surface area is 175 Å². The number of esters is 1. The van der Waals surface area contributed by atoms with Gasteiger partial charge < -0.3 is 14.6 Å². The minimum absolute atomic E-state index is 0.0642. The average molecular weight is 408 g/mol. The van der Waals surface area contributed by atoms with E-state index in [0.29, 0.717) is 12.0 Å². The summed E-state index contributed by atoms with van der Waals surface area (Å²) < 4.78 is 10.9. The summed E-state index contributed by atoms with van der Waals surface area (Å²) >= 11 is 0. The van der Waals surface area contributed by atoms with E-state index in [1.54, 1.807) is 24.3 Å². The molecule has 3 aliphatic rings. The third-order valence-electron chi connectivity index (χ3n) is 5.23. The molecule has 0 saturated carbocycles. The summed E-state index contributed by atoms with van der Waals surface area (Å²) in [6.07, 6.45) is 15.1. The van der Waals surface area contributed by atoms with Crippen LogP contribution in [0.25, 0.3) is 0 Å². The summed E-state index contributed by atoms with van der Waals surface area (Å²) in [5.74, 6) is -2.27. The quantitative estimate of drug-likeness (QED) is 0.310. The van der Waals surface area contributed by atoms with Crippen molar-refractivity contribution in [2.45, 2.75) is 45.3 Å². The molecule has 2 aliphatic heterocycles. The first-order valence-corrected chi connectivity index (χ1v) is 9.82. The van der Waals surface area contributed by atoms with Crippen molar-refractivity contribution in [1.29, 1.82) is 0 Å². The van der Waals surface area contributed by atoms with E-state index in [4.69, 9.17) is 9.47 Å². The Kier molecular flexibility index (Phi) is 6.06. The SMILES string of the molecule is C/C=C/C=C/C=C/C(=O)/C=C(\O)C1=C2C=C3C[C@@H](CC)OC=C3C(=O)[C@@]2(C)OC1=O. The van der Waals surface area contributed by atoms with Crippen LogP contribution >= 0.6 is 0 Å². The third-order valence-corrected chi connectivity index (χ3v) is 5.23. The number of ether oxygens (including phenoxy) is 2. The average Bonchev–Trinajstić information content (AvgIpc) is 2.98. The molecule has 3 rings (SSSR count). The summed E-state index contributed by atoms with van der Waals surface area (Å²) in [6, 6.07) is 0. The summed E-state index contributed by atoms with van der Waals surface area (Å²) in [5, 5.41) is 10.5. The topological polar surface area (TPSA) is 89.9 Å². The number of fused-ring (bicyclic) bond motifs is 2. The largest absolute Gasteiger partial charge is 0.507 e. The molecule has 2 atom stereocenters. The molecular formula is C24H24O6. The molecule has 0 unspecified atom stereocenters. The molecule has 6 nitrogen and oxygen atoms in total. The zero-order chi connectivity index (χ0) is 21.9. The van der Waals surface area contributed by atoms with Crippen LogP contribution in [0.2, 0.25) is 0 Å². The van der Waals surface area contributed by atoms with Gasteiger partial charge in [-0.15, -0.1) is 0 Å². The molecule has 0 aromatic carbocycles. The molecule has 1 aliphatic carbocycles. The maximum absolute atomic E-state index is 13.0. The molecule has 0 saturated heterocycles. The van der Waals surface area contributed by atoms with Gasteiger partial charge in [0.05, 0.1) is 11.8 Å². The van der Waals surface area contributed by atoms with Crippen molar-refractivity contribution in [3.63, 3.8) is 0 Å². The van der Waals surface area contributed by atoms with Crippen molar-refractivity contribution < 1.29 is 29.0 Å². The van der Waals surface area contributed by atoms with Crippen molar-refractivity contribution >= 4 is 17.5 Å². The molecule has 0 aromatic heterocycles. The van der Waals surface area contributed by atoms with E-state index in [-0.39, 0.29) is 17.3 Å². The Morgan fingerprint density at radius 3 is 2.70 bits per heavy atom. The van der Waals surface area contributed by atoms with Crippen molar-refractivity contribution in [3.8, 4) is 0 Å². The fourth-order valence-electron chi connectivity index (χ4n) is 3.56. The highest BCUT2D eigenvalue weighted by Crippen LogP contribution is 2.45. The first-order valence-electron chi connectivity index (χ1n) is 9.82.